The highest BCUT2D eigenvalue weighted by Gasteiger charge is 2.02. The van der Waals surface area contributed by atoms with E-state index in [-0.39, 0.29) is 29.9 Å². The summed E-state index contributed by atoms with van der Waals surface area (Å²) in [6.45, 7) is 7.12. The third kappa shape index (κ3) is 9.04. The van der Waals surface area contributed by atoms with E-state index in [0.717, 1.165) is 50.7 Å². The van der Waals surface area contributed by atoms with Crippen molar-refractivity contribution >= 4 is 35.9 Å². The van der Waals surface area contributed by atoms with E-state index in [1.165, 1.54) is 7.11 Å². The van der Waals surface area contributed by atoms with Gasteiger partial charge in [0.25, 0.3) is 0 Å². The van der Waals surface area contributed by atoms with E-state index in [4.69, 9.17) is 0 Å². The fourth-order valence-electron chi connectivity index (χ4n) is 2.05. The summed E-state index contributed by atoms with van der Waals surface area (Å²) in [6, 6.07) is 0. The number of guanidine groups is 1. The molecule has 1 rings (SSSR count). The number of aromatic nitrogens is 3. The van der Waals surface area contributed by atoms with Crippen molar-refractivity contribution in [1.82, 2.24) is 25.4 Å². The number of aryl methyl sites for hydroxylation is 1. The molecule has 0 atom stereocenters. The number of unbranched alkanes of at least 4 members (excludes halogenated alkanes) is 1. The van der Waals surface area contributed by atoms with Gasteiger partial charge in [-0.25, -0.2) is 0 Å². The van der Waals surface area contributed by atoms with Gasteiger partial charge in [0, 0.05) is 39.0 Å². The zero-order valence-electron chi connectivity index (χ0n) is 14.7. The molecule has 0 saturated heterocycles. The number of esters is 1. The first-order valence-electron chi connectivity index (χ1n) is 8.16. The maximum atomic E-state index is 11.0. The van der Waals surface area contributed by atoms with Gasteiger partial charge in [-0.1, -0.05) is 6.92 Å². The lowest BCUT2D eigenvalue weighted by Crippen LogP contribution is -2.39. The molecule has 0 aliphatic carbocycles. The highest BCUT2D eigenvalue weighted by atomic mass is 127. The minimum atomic E-state index is -0.167. The Hall–Kier alpha value is -1.39. The van der Waals surface area contributed by atoms with Crippen LogP contribution in [0, 0.1) is 0 Å². The fraction of sp³-hybridized carbons (Fsp3) is 0.733. The molecule has 0 aliphatic heterocycles. The van der Waals surface area contributed by atoms with Crippen molar-refractivity contribution in [3.8, 4) is 0 Å². The van der Waals surface area contributed by atoms with Crippen molar-refractivity contribution in [2.45, 2.75) is 46.1 Å². The van der Waals surface area contributed by atoms with Crippen LogP contribution in [-0.2, 0) is 22.5 Å². The molecule has 1 aromatic heterocycles. The maximum Gasteiger partial charge on any atom is 0.305 e. The van der Waals surface area contributed by atoms with E-state index in [0.29, 0.717) is 13.0 Å². The third-order valence-electron chi connectivity index (χ3n) is 3.29. The highest BCUT2D eigenvalue weighted by Crippen LogP contribution is 1.97. The summed E-state index contributed by atoms with van der Waals surface area (Å²) >= 11 is 0. The Kier molecular flexibility index (Phi) is 13.2. The van der Waals surface area contributed by atoms with E-state index < -0.39 is 0 Å². The second-order valence-corrected chi connectivity index (χ2v) is 5.01. The van der Waals surface area contributed by atoms with Crippen LogP contribution >= 0.6 is 24.0 Å². The number of aliphatic imine (C=N–C) groups is 1. The molecule has 138 valence electrons. The van der Waals surface area contributed by atoms with Crippen molar-refractivity contribution in [3.05, 3.63) is 12.2 Å². The molecular formula is C15H29IN6O2. The van der Waals surface area contributed by atoms with Crippen LogP contribution in [0.15, 0.2) is 11.3 Å². The summed E-state index contributed by atoms with van der Waals surface area (Å²) in [5.74, 6) is 1.60. The molecule has 0 fully saturated rings. The van der Waals surface area contributed by atoms with Crippen LogP contribution in [0.4, 0.5) is 0 Å². The summed E-state index contributed by atoms with van der Waals surface area (Å²) in [5, 5.41) is 14.5. The quantitative estimate of drug-likeness (QED) is 0.183. The van der Waals surface area contributed by atoms with Gasteiger partial charge in [-0.2, -0.15) is 0 Å². The number of ether oxygens (including phenoxy) is 1. The van der Waals surface area contributed by atoms with Crippen LogP contribution < -0.4 is 10.6 Å². The second-order valence-electron chi connectivity index (χ2n) is 5.01. The van der Waals surface area contributed by atoms with Crippen molar-refractivity contribution in [3.63, 3.8) is 0 Å². The summed E-state index contributed by atoms with van der Waals surface area (Å²) in [6.07, 6.45) is 4.71. The zero-order valence-corrected chi connectivity index (χ0v) is 17.1. The molecule has 9 heteroatoms. The Morgan fingerprint density at radius 3 is 2.79 bits per heavy atom. The Labute approximate surface area is 160 Å². The van der Waals surface area contributed by atoms with Crippen molar-refractivity contribution in [2.24, 2.45) is 4.99 Å². The fourth-order valence-corrected chi connectivity index (χ4v) is 2.05. The Bertz CT molecular complexity index is 492. The molecule has 0 saturated carbocycles. The van der Waals surface area contributed by atoms with Crippen molar-refractivity contribution in [1.29, 1.82) is 0 Å². The van der Waals surface area contributed by atoms with E-state index >= 15 is 0 Å². The van der Waals surface area contributed by atoms with Gasteiger partial charge in [-0.05, 0) is 19.8 Å². The molecule has 8 nitrogen and oxygen atoms in total. The highest BCUT2D eigenvalue weighted by molar-refractivity contribution is 14.0. The number of rotatable bonds is 10. The van der Waals surface area contributed by atoms with Crippen LogP contribution in [0.3, 0.4) is 0 Å². The number of carbonyl (C=O) groups is 1. The van der Waals surface area contributed by atoms with E-state index in [2.05, 4.69) is 37.5 Å². The minimum Gasteiger partial charge on any atom is -0.469 e. The SMILES string of the molecule is CCNC(=NCCCCC(=O)OC)NCCn1cnnc1CC.I. The number of methoxy groups -OCH3 is 1. The molecule has 0 radical (unpaired) electrons. The number of carbonyl (C=O) groups excluding carboxylic acids is 1. The summed E-state index contributed by atoms with van der Waals surface area (Å²) in [4.78, 5) is 15.5. The molecule has 24 heavy (non-hydrogen) atoms. The first-order chi connectivity index (χ1) is 11.2. The molecule has 0 bridgehead atoms. The summed E-state index contributed by atoms with van der Waals surface area (Å²) in [7, 11) is 1.41. The number of halogens is 1. The lowest BCUT2D eigenvalue weighted by atomic mass is 10.2. The van der Waals surface area contributed by atoms with Gasteiger partial charge in [0.2, 0.25) is 0 Å². The third-order valence-corrected chi connectivity index (χ3v) is 3.29. The first-order valence-corrected chi connectivity index (χ1v) is 8.16. The average molecular weight is 452 g/mol. The number of hydrogen-bond acceptors (Lipinski definition) is 5. The van der Waals surface area contributed by atoms with Gasteiger partial charge in [0.15, 0.2) is 5.96 Å². The Morgan fingerprint density at radius 2 is 2.12 bits per heavy atom. The molecule has 0 amide bonds. The van der Waals surface area contributed by atoms with Gasteiger partial charge in [-0.15, -0.1) is 34.2 Å². The molecule has 0 aromatic carbocycles. The van der Waals surface area contributed by atoms with Crippen molar-refractivity contribution < 1.29 is 9.53 Å². The second kappa shape index (κ2) is 14.0. The van der Waals surface area contributed by atoms with E-state index in [1.807, 2.05) is 11.5 Å². The van der Waals surface area contributed by atoms with Gasteiger partial charge >= 0.3 is 5.97 Å². The van der Waals surface area contributed by atoms with Gasteiger partial charge in [0.1, 0.15) is 12.2 Å². The average Bonchev–Trinajstić information content (AvgIpc) is 3.01. The van der Waals surface area contributed by atoms with Gasteiger partial charge < -0.3 is 19.9 Å². The lowest BCUT2D eigenvalue weighted by Gasteiger charge is -2.12. The molecule has 0 aliphatic rings. The Morgan fingerprint density at radius 1 is 1.33 bits per heavy atom. The molecular weight excluding hydrogens is 423 g/mol. The topological polar surface area (TPSA) is 93.4 Å². The summed E-state index contributed by atoms with van der Waals surface area (Å²) < 4.78 is 6.65. The molecule has 0 spiro atoms. The summed E-state index contributed by atoms with van der Waals surface area (Å²) in [5.41, 5.74) is 0. The molecule has 0 unspecified atom stereocenters. The van der Waals surface area contributed by atoms with E-state index in [9.17, 15) is 4.79 Å². The predicted molar refractivity (Wildman–Crippen MR) is 105 cm³/mol. The van der Waals surface area contributed by atoms with Crippen LogP contribution in [0.25, 0.3) is 0 Å². The maximum absolute atomic E-state index is 11.0. The predicted octanol–water partition coefficient (Wildman–Crippen LogP) is 1.36. The van der Waals surface area contributed by atoms with Crippen molar-refractivity contribution in [2.75, 3.05) is 26.7 Å². The largest absolute Gasteiger partial charge is 0.469 e. The number of nitrogens with one attached hydrogen (secondary N) is 2. The smallest absolute Gasteiger partial charge is 0.305 e. The molecule has 2 N–H and O–H groups in total. The zero-order chi connectivity index (χ0) is 16.9. The van der Waals surface area contributed by atoms with Crippen LogP contribution in [0.5, 0.6) is 0 Å². The van der Waals surface area contributed by atoms with Crippen LogP contribution in [0.2, 0.25) is 0 Å². The normalized spacial score (nSPS) is 10.9. The standard InChI is InChI=1S/C15H28N6O2.HI/c1-4-13-20-19-12-21(13)11-10-18-15(16-5-2)17-9-7-6-8-14(22)23-3;/h12H,4-11H2,1-3H3,(H2,16,17,18);1H. The van der Waals surface area contributed by atoms with Gasteiger partial charge in [-0.3, -0.25) is 9.79 Å². The minimum absolute atomic E-state index is 0. The first kappa shape index (κ1) is 22.6. The van der Waals surface area contributed by atoms with E-state index in [1.54, 1.807) is 6.33 Å². The Balaban J connectivity index is 0.00000529. The number of nitrogens with zero attached hydrogens (tertiary/aromatic N) is 4. The molecule has 1 aromatic rings. The monoisotopic (exact) mass is 452 g/mol. The number of hydrogen-bond donors (Lipinski definition) is 2. The van der Waals surface area contributed by atoms with Gasteiger partial charge in [0.05, 0.1) is 7.11 Å². The van der Waals surface area contributed by atoms with Crippen LogP contribution in [-0.4, -0.2) is 53.4 Å². The lowest BCUT2D eigenvalue weighted by molar-refractivity contribution is -0.140. The molecule has 1 heterocycles. The van der Waals surface area contributed by atoms with Crippen LogP contribution in [0.1, 0.15) is 38.9 Å².